The number of nitrogens with zero attached hydrogens (tertiary/aromatic N) is 2. The van der Waals surface area contributed by atoms with Crippen molar-refractivity contribution in [3.8, 4) is 5.75 Å². The molecule has 0 aliphatic heterocycles. The van der Waals surface area contributed by atoms with E-state index < -0.39 is 6.10 Å². The van der Waals surface area contributed by atoms with Gasteiger partial charge in [0.2, 0.25) is 0 Å². The summed E-state index contributed by atoms with van der Waals surface area (Å²) in [5.74, 6) is 0.588. The Morgan fingerprint density at radius 1 is 1.20 bits per heavy atom. The van der Waals surface area contributed by atoms with Gasteiger partial charge in [0.25, 0.3) is 0 Å². The number of aliphatic hydroxyl groups excluding tert-OH is 1. The van der Waals surface area contributed by atoms with E-state index in [1.54, 1.807) is 23.5 Å². The van der Waals surface area contributed by atoms with Gasteiger partial charge in [-0.1, -0.05) is 35.9 Å². The number of likely N-dealkylation sites (N-methyl/N-ethyl adjacent to an activating group) is 1. The van der Waals surface area contributed by atoms with Crippen molar-refractivity contribution in [2.24, 2.45) is 0 Å². The van der Waals surface area contributed by atoms with Crippen molar-refractivity contribution in [1.82, 2.24) is 9.88 Å². The molecular formula is C19H21ClN2O2S. The number of hydrogen-bond donors (Lipinski definition) is 1. The lowest BCUT2D eigenvalue weighted by atomic mass is 10.2. The summed E-state index contributed by atoms with van der Waals surface area (Å²) in [4.78, 5) is 6.77. The van der Waals surface area contributed by atoms with Gasteiger partial charge in [0, 0.05) is 6.54 Å². The van der Waals surface area contributed by atoms with E-state index >= 15 is 0 Å². The van der Waals surface area contributed by atoms with Crippen molar-refractivity contribution >= 4 is 33.2 Å². The van der Waals surface area contributed by atoms with E-state index in [-0.39, 0.29) is 12.6 Å². The van der Waals surface area contributed by atoms with Crippen LogP contribution in [0.3, 0.4) is 0 Å². The van der Waals surface area contributed by atoms with E-state index in [1.165, 1.54) is 4.70 Å². The molecule has 3 aromatic rings. The molecule has 6 heteroatoms. The summed E-state index contributed by atoms with van der Waals surface area (Å²) in [5, 5.41) is 11.9. The third-order valence-corrected chi connectivity index (χ3v) is 5.61. The highest BCUT2D eigenvalue weighted by Gasteiger charge is 2.19. The minimum Gasteiger partial charge on any atom is -0.489 e. The molecule has 2 aromatic carbocycles. The Balaban J connectivity index is 1.57. The summed E-state index contributed by atoms with van der Waals surface area (Å²) in [6.07, 6.45) is -0.613. The molecule has 2 atom stereocenters. The molecule has 0 bridgehead atoms. The molecule has 0 radical (unpaired) electrons. The molecule has 4 nitrogen and oxygen atoms in total. The molecular weight excluding hydrogens is 356 g/mol. The Morgan fingerprint density at radius 2 is 1.92 bits per heavy atom. The van der Waals surface area contributed by atoms with E-state index in [9.17, 15) is 5.11 Å². The Hall–Kier alpha value is -1.66. The van der Waals surface area contributed by atoms with E-state index in [4.69, 9.17) is 21.3 Å². The summed E-state index contributed by atoms with van der Waals surface area (Å²) in [6, 6.07) is 15.5. The van der Waals surface area contributed by atoms with Gasteiger partial charge in [-0.15, -0.1) is 11.3 Å². The summed E-state index contributed by atoms with van der Waals surface area (Å²) in [6.45, 7) is 2.78. The van der Waals surface area contributed by atoms with Crippen molar-refractivity contribution in [3.63, 3.8) is 0 Å². The lowest BCUT2D eigenvalue weighted by Crippen LogP contribution is -2.34. The summed E-state index contributed by atoms with van der Waals surface area (Å²) in [7, 11) is 1.98. The van der Waals surface area contributed by atoms with Crippen molar-refractivity contribution in [2.75, 3.05) is 20.2 Å². The van der Waals surface area contributed by atoms with Gasteiger partial charge < -0.3 is 9.84 Å². The lowest BCUT2D eigenvalue weighted by molar-refractivity contribution is 0.0654. The quantitative estimate of drug-likeness (QED) is 0.664. The highest BCUT2D eigenvalue weighted by Crippen LogP contribution is 2.29. The van der Waals surface area contributed by atoms with Crippen LogP contribution in [0.25, 0.3) is 10.2 Å². The minimum absolute atomic E-state index is 0.118. The predicted molar refractivity (Wildman–Crippen MR) is 104 cm³/mol. The monoisotopic (exact) mass is 376 g/mol. The second-order valence-electron chi connectivity index (χ2n) is 6.03. The molecule has 0 saturated carbocycles. The average Bonchev–Trinajstić information content (AvgIpc) is 3.04. The number of halogens is 1. The van der Waals surface area contributed by atoms with E-state index in [2.05, 4.69) is 17.9 Å². The summed E-state index contributed by atoms with van der Waals surface area (Å²) in [5.41, 5.74) is 1.02. The molecule has 3 rings (SSSR count). The molecule has 0 fully saturated rings. The van der Waals surface area contributed by atoms with Crippen LogP contribution in [0.4, 0.5) is 0 Å². The van der Waals surface area contributed by atoms with Crippen molar-refractivity contribution < 1.29 is 9.84 Å². The van der Waals surface area contributed by atoms with Crippen LogP contribution in [-0.2, 0) is 0 Å². The Kier molecular flexibility index (Phi) is 5.91. The fourth-order valence-corrected chi connectivity index (χ4v) is 3.82. The summed E-state index contributed by atoms with van der Waals surface area (Å²) < 4.78 is 6.79. The number of thiazole rings is 1. The molecule has 0 saturated heterocycles. The third-order valence-electron chi connectivity index (χ3n) is 4.10. The van der Waals surface area contributed by atoms with Crippen molar-refractivity contribution in [2.45, 2.75) is 19.1 Å². The summed E-state index contributed by atoms with van der Waals surface area (Å²) >= 11 is 7.75. The maximum atomic E-state index is 10.3. The maximum absolute atomic E-state index is 10.3. The molecule has 132 valence electrons. The molecule has 0 aliphatic carbocycles. The zero-order valence-corrected chi connectivity index (χ0v) is 15.8. The smallest absolute Gasteiger partial charge is 0.138 e. The van der Waals surface area contributed by atoms with Gasteiger partial charge in [0.05, 0.1) is 21.3 Å². The number of fused-ring (bicyclic) bond motifs is 1. The van der Waals surface area contributed by atoms with Crippen LogP contribution in [0.5, 0.6) is 5.75 Å². The largest absolute Gasteiger partial charge is 0.489 e. The Labute approximate surface area is 156 Å². The van der Waals surface area contributed by atoms with Gasteiger partial charge in [-0.3, -0.25) is 4.90 Å². The van der Waals surface area contributed by atoms with Crippen LogP contribution < -0.4 is 4.74 Å². The topological polar surface area (TPSA) is 45.6 Å². The predicted octanol–water partition coefficient (Wildman–Crippen LogP) is 4.38. The first-order chi connectivity index (χ1) is 12.0. The van der Waals surface area contributed by atoms with Gasteiger partial charge in [0.15, 0.2) is 0 Å². The van der Waals surface area contributed by atoms with Crippen LogP contribution in [0.1, 0.15) is 18.0 Å². The standard InChI is InChI=1S/C19H21ClN2O2S/c1-13(19-21-16-8-4-6-10-18(16)25-19)22(2)11-14(23)12-24-17-9-5-3-7-15(17)20/h3-10,13-14,23H,11-12H2,1-2H3. The van der Waals surface area contributed by atoms with E-state index in [0.717, 1.165) is 10.5 Å². The van der Waals surface area contributed by atoms with Gasteiger partial charge in [0.1, 0.15) is 23.5 Å². The number of para-hydroxylation sites is 2. The van der Waals surface area contributed by atoms with Crippen LogP contribution in [-0.4, -0.2) is 41.3 Å². The zero-order chi connectivity index (χ0) is 17.8. The molecule has 2 unspecified atom stereocenters. The van der Waals surface area contributed by atoms with Crippen LogP contribution in [0.2, 0.25) is 5.02 Å². The second kappa shape index (κ2) is 8.15. The molecule has 1 N–H and O–H groups in total. The molecule has 1 aromatic heterocycles. The normalized spacial score (nSPS) is 14.0. The number of aliphatic hydroxyl groups is 1. The Bertz CT molecular complexity index is 806. The van der Waals surface area contributed by atoms with Gasteiger partial charge in [-0.05, 0) is 38.2 Å². The first-order valence-electron chi connectivity index (χ1n) is 8.15. The van der Waals surface area contributed by atoms with Crippen molar-refractivity contribution in [3.05, 3.63) is 58.6 Å². The third kappa shape index (κ3) is 4.50. The molecule has 0 amide bonds. The van der Waals surface area contributed by atoms with E-state index in [0.29, 0.717) is 17.3 Å². The number of ether oxygens (including phenoxy) is 1. The highest BCUT2D eigenvalue weighted by molar-refractivity contribution is 7.18. The highest BCUT2D eigenvalue weighted by atomic mass is 35.5. The molecule has 25 heavy (non-hydrogen) atoms. The molecule has 1 heterocycles. The van der Waals surface area contributed by atoms with Crippen molar-refractivity contribution in [1.29, 1.82) is 0 Å². The fourth-order valence-electron chi connectivity index (χ4n) is 2.55. The molecule has 0 spiro atoms. The number of rotatable bonds is 7. The number of hydrogen-bond acceptors (Lipinski definition) is 5. The lowest BCUT2D eigenvalue weighted by Gasteiger charge is -2.25. The first-order valence-corrected chi connectivity index (χ1v) is 9.35. The minimum atomic E-state index is -0.613. The van der Waals surface area contributed by atoms with Crippen LogP contribution in [0.15, 0.2) is 48.5 Å². The number of benzene rings is 2. The fraction of sp³-hybridized carbons (Fsp3) is 0.316. The van der Waals surface area contributed by atoms with Crippen LogP contribution >= 0.6 is 22.9 Å². The average molecular weight is 377 g/mol. The van der Waals surface area contributed by atoms with Crippen LogP contribution in [0, 0.1) is 0 Å². The number of aromatic nitrogens is 1. The van der Waals surface area contributed by atoms with Gasteiger partial charge in [-0.2, -0.15) is 0 Å². The van der Waals surface area contributed by atoms with Gasteiger partial charge in [-0.25, -0.2) is 4.98 Å². The SMILES string of the molecule is CC(c1nc2ccccc2s1)N(C)CC(O)COc1ccccc1Cl. The zero-order valence-electron chi connectivity index (χ0n) is 14.2. The first kappa shape index (κ1) is 18.1. The Morgan fingerprint density at radius 3 is 2.68 bits per heavy atom. The second-order valence-corrected chi connectivity index (χ2v) is 7.50. The maximum Gasteiger partial charge on any atom is 0.138 e. The van der Waals surface area contributed by atoms with Gasteiger partial charge >= 0.3 is 0 Å². The van der Waals surface area contributed by atoms with E-state index in [1.807, 2.05) is 37.4 Å². The molecule has 0 aliphatic rings.